The van der Waals surface area contributed by atoms with Gasteiger partial charge in [0.2, 0.25) is 0 Å². The molecule has 0 aliphatic rings. The van der Waals surface area contributed by atoms with Crippen LogP contribution in [0.25, 0.3) is 0 Å². The lowest BCUT2D eigenvalue weighted by molar-refractivity contribution is -0.0960. The van der Waals surface area contributed by atoms with Crippen LogP contribution in [0.15, 0.2) is 4.47 Å². The first-order valence-corrected chi connectivity index (χ1v) is 7.15. The Hall–Kier alpha value is -0.390. The zero-order valence-electron chi connectivity index (χ0n) is 11.8. The highest BCUT2D eigenvalue weighted by Gasteiger charge is 2.30. The fourth-order valence-corrected chi connectivity index (χ4v) is 2.72. The molecular formula is C13H23BrN2O2. The molecule has 1 rings (SSSR count). The second-order valence-corrected chi connectivity index (χ2v) is 5.73. The maximum absolute atomic E-state index is 10.3. The Morgan fingerprint density at radius 2 is 2.06 bits per heavy atom. The van der Waals surface area contributed by atoms with Crippen molar-refractivity contribution in [3.8, 4) is 0 Å². The second kappa shape index (κ2) is 6.17. The van der Waals surface area contributed by atoms with E-state index >= 15 is 0 Å². The van der Waals surface area contributed by atoms with Gasteiger partial charge in [-0.05, 0) is 43.1 Å². The Kier molecular flexibility index (Phi) is 5.37. The second-order valence-electron chi connectivity index (χ2n) is 4.94. The zero-order valence-corrected chi connectivity index (χ0v) is 13.4. The number of aryl methyl sites for hydroxylation is 2. The first kappa shape index (κ1) is 15.7. The minimum atomic E-state index is -0.561. The van der Waals surface area contributed by atoms with Gasteiger partial charge < -0.3 is 9.84 Å². The van der Waals surface area contributed by atoms with E-state index in [2.05, 4.69) is 28.0 Å². The lowest BCUT2D eigenvalue weighted by atomic mass is 9.97. The monoisotopic (exact) mass is 318 g/mol. The number of hydrogen-bond donors (Lipinski definition) is 1. The van der Waals surface area contributed by atoms with Crippen LogP contribution in [0.4, 0.5) is 0 Å². The molecule has 1 heterocycles. The molecule has 0 aliphatic carbocycles. The maximum atomic E-state index is 10.3. The van der Waals surface area contributed by atoms with Crippen LogP contribution in [0.5, 0.6) is 0 Å². The molecule has 0 aliphatic heterocycles. The number of ether oxygens (including phenoxy) is 1. The highest BCUT2D eigenvalue weighted by molar-refractivity contribution is 9.10. The van der Waals surface area contributed by atoms with Gasteiger partial charge in [-0.3, -0.25) is 4.68 Å². The third-order valence-electron chi connectivity index (χ3n) is 3.21. The van der Waals surface area contributed by atoms with E-state index in [0.29, 0.717) is 13.0 Å². The van der Waals surface area contributed by atoms with Crippen molar-refractivity contribution in [1.29, 1.82) is 0 Å². The molecule has 1 unspecified atom stereocenters. The first-order chi connectivity index (χ1) is 8.33. The molecule has 1 N–H and O–H groups in total. The Morgan fingerprint density at radius 1 is 1.44 bits per heavy atom. The van der Waals surface area contributed by atoms with E-state index in [1.165, 1.54) is 0 Å². The Labute approximate surface area is 117 Å². The smallest absolute Gasteiger partial charge is 0.0887 e. The van der Waals surface area contributed by atoms with E-state index in [1.807, 2.05) is 32.5 Å². The van der Waals surface area contributed by atoms with Gasteiger partial charge in [0.15, 0.2) is 0 Å². The summed E-state index contributed by atoms with van der Waals surface area (Å²) in [4.78, 5) is 0. The summed E-state index contributed by atoms with van der Waals surface area (Å²) in [7, 11) is 1.90. The van der Waals surface area contributed by atoms with Crippen LogP contribution in [0.3, 0.4) is 0 Å². The van der Waals surface area contributed by atoms with E-state index in [9.17, 15) is 5.11 Å². The number of hydrogen-bond acceptors (Lipinski definition) is 3. The van der Waals surface area contributed by atoms with Crippen molar-refractivity contribution < 1.29 is 9.84 Å². The molecule has 0 aromatic carbocycles. The van der Waals surface area contributed by atoms with Gasteiger partial charge in [-0.2, -0.15) is 5.10 Å². The van der Waals surface area contributed by atoms with Crippen molar-refractivity contribution in [2.45, 2.75) is 52.2 Å². The minimum absolute atomic E-state index is 0.525. The summed E-state index contributed by atoms with van der Waals surface area (Å²) < 4.78 is 8.41. The number of rotatable bonds is 6. The Morgan fingerprint density at radius 3 is 2.50 bits per heavy atom. The summed E-state index contributed by atoms with van der Waals surface area (Å²) in [5, 5.41) is 14.7. The van der Waals surface area contributed by atoms with Crippen LogP contribution in [0.1, 0.15) is 39.1 Å². The first-order valence-electron chi connectivity index (χ1n) is 6.35. The molecule has 1 aromatic heterocycles. The van der Waals surface area contributed by atoms with E-state index < -0.39 is 11.7 Å². The molecule has 5 heteroatoms. The lowest BCUT2D eigenvalue weighted by Crippen LogP contribution is -2.40. The fourth-order valence-electron chi connectivity index (χ4n) is 1.94. The summed E-state index contributed by atoms with van der Waals surface area (Å²) in [6.45, 7) is 8.41. The predicted octanol–water partition coefficient (Wildman–Crippen LogP) is 2.46. The van der Waals surface area contributed by atoms with Gasteiger partial charge in [-0.25, -0.2) is 0 Å². The molecular weight excluding hydrogens is 296 g/mol. The third kappa shape index (κ3) is 3.33. The highest BCUT2D eigenvalue weighted by atomic mass is 79.9. The summed E-state index contributed by atoms with van der Waals surface area (Å²) in [5.41, 5.74) is 1.48. The largest absolute Gasteiger partial charge is 0.390 e. The number of halogens is 1. The Bertz CT molecular complexity index is 402. The van der Waals surface area contributed by atoms with Crippen LogP contribution in [-0.4, -0.2) is 33.2 Å². The number of aromatic nitrogens is 2. The summed E-state index contributed by atoms with van der Waals surface area (Å²) in [6.07, 6.45) is 0.838. The SMILES string of the molecule is CCOC(C)(C)C(O)Cc1c(Br)c(CC)nn1C. The topological polar surface area (TPSA) is 47.3 Å². The molecule has 0 saturated carbocycles. The summed E-state index contributed by atoms with van der Waals surface area (Å²) in [5.74, 6) is 0. The summed E-state index contributed by atoms with van der Waals surface area (Å²) >= 11 is 3.56. The van der Waals surface area contributed by atoms with Crippen molar-refractivity contribution in [2.75, 3.05) is 6.61 Å². The molecule has 0 bridgehead atoms. The van der Waals surface area contributed by atoms with Gasteiger partial charge in [-0.15, -0.1) is 0 Å². The van der Waals surface area contributed by atoms with Gasteiger partial charge in [0, 0.05) is 20.1 Å². The molecule has 0 amide bonds. The van der Waals surface area contributed by atoms with Crippen molar-refractivity contribution >= 4 is 15.9 Å². The van der Waals surface area contributed by atoms with E-state index in [-0.39, 0.29) is 0 Å². The number of aliphatic hydroxyl groups is 1. The van der Waals surface area contributed by atoms with Gasteiger partial charge in [0.25, 0.3) is 0 Å². The molecule has 104 valence electrons. The van der Waals surface area contributed by atoms with Crippen LogP contribution in [0, 0.1) is 0 Å². The van der Waals surface area contributed by atoms with Crippen molar-refractivity contribution in [3.63, 3.8) is 0 Å². The fraction of sp³-hybridized carbons (Fsp3) is 0.769. The van der Waals surface area contributed by atoms with Gasteiger partial charge in [-0.1, -0.05) is 6.92 Å². The lowest BCUT2D eigenvalue weighted by Gasteiger charge is -2.30. The van der Waals surface area contributed by atoms with Gasteiger partial charge >= 0.3 is 0 Å². The summed E-state index contributed by atoms with van der Waals surface area (Å²) in [6, 6.07) is 0. The minimum Gasteiger partial charge on any atom is -0.390 e. The average molecular weight is 319 g/mol. The van der Waals surface area contributed by atoms with E-state index in [4.69, 9.17) is 4.74 Å². The van der Waals surface area contributed by atoms with Crippen molar-refractivity contribution in [2.24, 2.45) is 7.05 Å². The molecule has 4 nitrogen and oxygen atoms in total. The van der Waals surface area contributed by atoms with Crippen LogP contribution in [-0.2, 0) is 24.6 Å². The maximum Gasteiger partial charge on any atom is 0.0887 e. The van der Waals surface area contributed by atoms with E-state index in [1.54, 1.807) is 0 Å². The van der Waals surface area contributed by atoms with Crippen LogP contribution < -0.4 is 0 Å². The molecule has 0 spiro atoms. The quantitative estimate of drug-likeness (QED) is 0.876. The normalized spacial score (nSPS) is 13.9. The molecule has 0 saturated heterocycles. The van der Waals surface area contributed by atoms with Crippen LogP contribution in [0.2, 0.25) is 0 Å². The Balaban J connectivity index is 2.88. The van der Waals surface area contributed by atoms with Gasteiger partial charge in [0.05, 0.1) is 27.6 Å². The van der Waals surface area contributed by atoms with Crippen molar-refractivity contribution in [1.82, 2.24) is 9.78 Å². The third-order valence-corrected chi connectivity index (χ3v) is 4.12. The molecule has 0 fully saturated rings. The number of nitrogens with zero attached hydrogens (tertiary/aromatic N) is 2. The predicted molar refractivity (Wildman–Crippen MR) is 75.7 cm³/mol. The zero-order chi connectivity index (χ0) is 13.9. The molecule has 1 atom stereocenters. The standard InChI is InChI=1S/C13H23BrN2O2/c1-6-9-12(14)10(16(5)15-9)8-11(17)13(3,4)18-7-2/h11,17H,6-8H2,1-5H3. The number of aliphatic hydroxyl groups excluding tert-OH is 1. The molecule has 0 radical (unpaired) electrons. The average Bonchev–Trinajstić information content (AvgIpc) is 2.56. The van der Waals surface area contributed by atoms with Crippen LogP contribution >= 0.6 is 15.9 Å². The van der Waals surface area contributed by atoms with Crippen molar-refractivity contribution in [3.05, 3.63) is 15.9 Å². The highest BCUT2D eigenvalue weighted by Crippen LogP contribution is 2.26. The molecule has 18 heavy (non-hydrogen) atoms. The molecule has 1 aromatic rings. The van der Waals surface area contributed by atoms with Gasteiger partial charge in [0.1, 0.15) is 0 Å². The van der Waals surface area contributed by atoms with E-state index in [0.717, 1.165) is 22.3 Å².